The lowest BCUT2D eigenvalue weighted by Gasteiger charge is -2.17. The molecule has 0 spiro atoms. The summed E-state index contributed by atoms with van der Waals surface area (Å²) in [4.78, 5) is 11.0. The third-order valence-corrected chi connectivity index (χ3v) is 2.76. The van der Waals surface area contributed by atoms with Crippen LogP contribution in [0.25, 0.3) is 0 Å². The maximum Gasteiger partial charge on any atom is 0.154 e. The van der Waals surface area contributed by atoms with Gasteiger partial charge in [0.25, 0.3) is 0 Å². The molecular weight excluding hydrogens is 192 g/mol. The summed E-state index contributed by atoms with van der Waals surface area (Å²) in [6.07, 6.45) is 0.809. The zero-order chi connectivity index (χ0) is 11.6. The van der Waals surface area contributed by atoms with Gasteiger partial charge in [-0.2, -0.15) is 0 Å². The van der Waals surface area contributed by atoms with Crippen LogP contribution in [-0.2, 0) is 0 Å². The van der Waals surface area contributed by atoms with Crippen LogP contribution in [0, 0.1) is 20.8 Å². The fourth-order valence-corrected chi connectivity index (χ4v) is 1.83. The SMILES string of the molecule is COc1c(C)c(C)c(OC)c(C=O)c1C. The molecule has 0 unspecified atom stereocenters. The maximum absolute atomic E-state index is 11.0. The zero-order valence-corrected chi connectivity index (χ0v) is 9.80. The van der Waals surface area contributed by atoms with E-state index in [1.165, 1.54) is 0 Å². The lowest BCUT2D eigenvalue weighted by atomic mass is 9.98. The zero-order valence-electron chi connectivity index (χ0n) is 9.80. The van der Waals surface area contributed by atoms with Crippen LogP contribution in [0.15, 0.2) is 0 Å². The van der Waals surface area contributed by atoms with Gasteiger partial charge < -0.3 is 9.47 Å². The summed E-state index contributed by atoms with van der Waals surface area (Å²) in [5, 5.41) is 0. The Balaban J connectivity index is 3.64. The number of rotatable bonds is 3. The molecule has 0 heterocycles. The van der Waals surface area contributed by atoms with E-state index in [-0.39, 0.29) is 0 Å². The Bertz CT molecular complexity index is 395. The first-order chi connectivity index (χ1) is 7.08. The van der Waals surface area contributed by atoms with Gasteiger partial charge in [-0.1, -0.05) is 0 Å². The number of benzene rings is 1. The Hall–Kier alpha value is -1.51. The van der Waals surface area contributed by atoms with E-state index in [1.807, 2.05) is 20.8 Å². The van der Waals surface area contributed by atoms with E-state index in [9.17, 15) is 4.79 Å². The largest absolute Gasteiger partial charge is 0.496 e. The fourth-order valence-electron chi connectivity index (χ4n) is 1.83. The molecule has 0 aliphatic heterocycles. The number of ether oxygens (including phenoxy) is 2. The lowest BCUT2D eigenvalue weighted by molar-refractivity contribution is 0.111. The monoisotopic (exact) mass is 208 g/mol. The molecule has 0 amide bonds. The molecule has 1 rings (SSSR count). The van der Waals surface area contributed by atoms with Crippen LogP contribution in [0.4, 0.5) is 0 Å². The average Bonchev–Trinajstić information content (AvgIpc) is 2.23. The van der Waals surface area contributed by atoms with E-state index in [4.69, 9.17) is 9.47 Å². The summed E-state index contributed by atoms with van der Waals surface area (Å²) in [7, 11) is 3.18. The van der Waals surface area contributed by atoms with Crippen molar-refractivity contribution < 1.29 is 14.3 Å². The van der Waals surface area contributed by atoms with E-state index in [0.29, 0.717) is 11.3 Å². The second kappa shape index (κ2) is 4.34. The smallest absolute Gasteiger partial charge is 0.154 e. The van der Waals surface area contributed by atoms with Crippen molar-refractivity contribution in [3.63, 3.8) is 0 Å². The van der Waals surface area contributed by atoms with E-state index in [2.05, 4.69) is 0 Å². The van der Waals surface area contributed by atoms with Gasteiger partial charge >= 0.3 is 0 Å². The summed E-state index contributed by atoms with van der Waals surface area (Å²) in [6.45, 7) is 5.74. The predicted molar refractivity (Wildman–Crippen MR) is 59.1 cm³/mol. The van der Waals surface area contributed by atoms with E-state index < -0.39 is 0 Å². The second-order valence-corrected chi connectivity index (χ2v) is 3.47. The van der Waals surface area contributed by atoms with Crippen molar-refractivity contribution in [2.45, 2.75) is 20.8 Å². The molecule has 0 N–H and O–H groups in total. The van der Waals surface area contributed by atoms with Crippen LogP contribution < -0.4 is 9.47 Å². The van der Waals surface area contributed by atoms with Crippen molar-refractivity contribution in [1.82, 2.24) is 0 Å². The van der Waals surface area contributed by atoms with Crippen LogP contribution >= 0.6 is 0 Å². The van der Waals surface area contributed by atoms with Crippen LogP contribution in [-0.4, -0.2) is 20.5 Å². The Morgan fingerprint density at radius 1 is 0.867 bits per heavy atom. The molecule has 0 atom stereocenters. The van der Waals surface area contributed by atoms with E-state index in [1.54, 1.807) is 14.2 Å². The summed E-state index contributed by atoms with van der Waals surface area (Å²) in [5.41, 5.74) is 3.35. The molecule has 0 aliphatic rings. The molecule has 0 bridgehead atoms. The van der Waals surface area contributed by atoms with Crippen LogP contribution in [0.1, 0.15) is 27.0 Å². The highest BCUT2D eigenvalue weighted by atomic mass is 16.5. The van der Waals surface area contributed by atoms with Gasteiger partial charge in [0.1, 0.15) is 11.5 Å². The number of carbonyl (C=O) groups excluding carboxylic acids is 1. The Morgan fingerprint density at radius 3 is 1.73 bits per heavy atom. The van der Waals surface area contributed by atoms with Gasteiger partial charge in [-0.3, -0.25) is 4.79 Å². The van der Waals surface area contributed by atoms with Gasteiger partial charge in [0, 0.05) is 5.56 Å². The molecule has 3 nitrogen and oxygen atoms in total. The first kappa shape index (κ1) is 11.6. The van der Waals surface area contributed by atoms with Crippen molar-refractivity contribution in [2.75, 3.05) is 14.2 Å². The van der Waals surface area contributed by atoms with Gasteiger partial charge in [-0.25, -0.2) is 0 Å². The van der Waals surface area contributed by atoms with Crippen molar-refractivity contribution in [1.29, 1.82) is 0 Å². The molecular formula is C12H16O3. The Kier molecular flexibility index (Phi) is 3.35. The summed E-state index contributed by atoms with van der Waals surface area (Å²) < 4.78 is 10.5. The Morgan fingerprint density at radius 2 is 1.33 bits per heavy atom. The van der Waals surface area contributed by atoms with E-state index in [0.717, 1.165) is 28.7 Å². The maximum atomic E-state index is 11.0. The van der Waals surface area contributed by atoms with Crippen LogP contribution in [0.2, 0.25) is 0 Å². The van der Waals surface area contributed by atoms with Crippen molar-refractivity contribution >= 4 is 6.29 Å². The number of hydrogen-bond acceptors (Lipinski definition) is 3. The van der Waals surface area contributed by atoms with Gasteiger partial charge in [-0.05, 0) is 31.9 Å². The van der Waals surface area contributed by atoms with Gasteiger partial charge in [0.15, 0.2) is 6.29 Å². The molecule has 0 aliphatic carbocycles. The molecule has 0 radical (unpaired) electrons. The first-order valence-electron chi connectivity index (χ1n) is 4.75. The predicted octanol–water partition coefficient (Wildman–Crippen LogP) is 2.44. The molecule has 3 heteroatoms. The molecule has 0 aromatic heterocycles. The second-order valence-electron chi connectivity index (χ2n) is 3.47. The summed E-state index contributed by atoms with van der Waals surface area (Å²) >= 11 is 0. The average molecular weight is 208 g/mol. The molecule has 82 valence electrons. The highest BCUT2D eigenvalue weighted by molar-refractivity contribution is 5.85. The van der Waals surface area contributed by atoms with Gasteiger partial charge in [0.2, 0.25) is 0 Å². The third-order valence-electron chi connectivity index (χ3n) is 2.76. The third kappa shape index (κ3) is 1.69. The minimum atomic E-state index is 0.567. The minimum Gasteiger partial charge on any atom is -0.496 e. The minimum absolute atomic E-state index is 0.567. The normalized spacial score (nSPS) is 9.93. The van der Waals surface area contributed by atoms with Gasteiger partial charge in [-0.15, -0.1) is 0 Å². The van der Waals surface area contributed by atoms with Crippen molar-refractivity contribution in [3.05, 3.63) is 22.3 Å². The molecule has 1 aromatic carbocycles. The molecule has 0 fully saturated rings. The number of hydrogen-bond donors (Lipinski definition) is 0. The first-order valence-corrected chi connectivity index (χ1v) is 4.75. The molecule has 0 saturated heterocycles. The summed E-state index contributed by atoms with van der Waals surface area (Å²) in [5.74, 6) is 1.40. The molecule has 15 heavy (non-hydrogen) atoms. The number of methoxy groups -OCH3 is 2. The number of carbonyl (C=O) groups is 1. The van der Waals surface area contributed by atoms with Crippen LogP contribution in [0.5, 0.6) is 11.5 Å². The highest BCUT2D eigenvalue weighted by Crippen LogP contribution is 2.36. The quantitative estimate of drug-likeness (QED) is 0.716. The van der Waals surface area contributed by atoms with Crippen molar-refractivity contribution in [2.24, 2.45) is 0 Å². The fraction of sp³-hybridized carbons (Fsp3) is 0.417. The molecule has 1 aromatic rings. The van der Waals surface area contributed by atoms with E-state index >= 15 is 0 Å². The van der Waals surface area contributed by atoms with Crippen molar-refractivity contribution in [3.8, 4) is 11.5 Å². The molecule has 0 saturated carbocycles. The lowest BCUT2D eigenvalue weighted by Crippen LogP contribution is -2.03. The Labute approximate surface area is 90.0 Å². The van der Waals surface area contributed by atoms with Gasteiger partial charge in [0.05, 0.1) is 19.8 Å². The topological polar surface area (TPSA) is 35.5 Å². The standard InChI is InChI=1S/C12H16O3/c1-7-8(2)12(15-5)10(6-13)9(3)11(7)14-4/h6H,1-5H3. The number of aldehydes is 1. The van der Waals surface area contributed by atoms with Crippen LogP contribution in [0.3, 0.4) is 0 Å². The summed E-state index contributed by atoms with van der Waals surface area (Å²) in [6, 6.07) is 0. The highest BCUT2D eigenvalue weighted by Gasteiger charge is 2.17.